The van der Waals surface area contributed by atoms with Gasteiger partial charge in [0, 0.05) is 12.0 Å². The second kappa shape index (κ2) is 6.93. The van der Waals surface area contributed by atoms with E-state index in [1.807, 2.05) is 0 Å². The Hall–Kier alpha value is -1.16. The number of aldehydes is 1. The molecule has 0 aliphatic heterocycles. The molecule has 4 bridgehead atoms. The van der Waals surface area contributed by atoms with Crippen molar-refractivity contribution in [3.05, 3.63) is 11.6 Å². The number of rotatable bonds is 8. The van der Waals surface area contributed by atoms with E-state index in [0.29, 0.717) is 37.4 Å². The topological polar surface area (TPSA) is 63.6 Å². The largest absolute Gasteiger partial charge is 0.481 e. The van der Waals surface area contributed by atoms with Crippen LogP contribution >= 0.6 is 0 Å². The van der Waals surface area contributed by atoms with Gasteiger partial charge >= 0.3 is 5.97 Å². The third-order valence-corrected chi connectivity index (χ3v) is 9.32. The maximum absolute atomic E-state index is 13.2. The zero-order valence-corrected chi connectivity index (χ0v) is 18.7. The number of carbonyl (C=O) groups is 2. The number of carboxylic acids is 1. The van der Waals surface area contributed by atoms with Crippen molar-refractivity contribution in [1.82, 2.24) is 0 Å². The van der Waals surface area contributed by atoms with Crippen molar-refractivity contribution in [2.45, 2.75) is 66.7 Å². The van der Waals surface area contributed by atoms with E-state index in [1.165, 1.54) is 0 Å². The molecule has 3 saturated carbocycles. The monoisotopic (exact) mass is 402 g/mol. The first-order valence-electron chi connectivity index (χ1n) is 11.7. The molecule has 0 aromatic heterocycles. The summed E-state index contributed by atoms with van der Waals surface area (Å²) >= 11 is 0. The lowest BCUT2D eigenvalue weighted by atomic mass is 9.43. The molecule has 0 heterocycles. The van der Waals surface area contributed by atoms with Gasteiger partial charge in [-0.1, -0.05) is 52.7 Å². The summed E-state index contributed by atoms with van der Waals surface area (Å²) in [4.78, 5) is 26.1. The molecule has 0 radical (unpaired) electrons. The molecule has 7 atom stereocenters. The lowest BCUT2D eigenvalue weighted by Crippen LogP contribution is -2.63. The fourth-order valence-corrected chi connectivity index (χ4v) is 8.21. The first-order chi connectivity index (χ1) is 13.7. The van der Waals surface area contributed by atoms with Gasteiger partial charge in [0.2, 0.25) is 0 Å². The van der Waals surface area contributed by atoms with E-state index in [2.05, 4.69) is 40.7 Å². The Morgan fingerprint density at radius 1 is 1.28 bits per heavy atom. The zero-order chi connectivity index (χ0) is 21.2. The molecule has 0 amide bonds. The Morgan fingerprint density at radius 3 is 2.59 bits per heavy atom. The molecule has 4 nitrogen and oxygen atoms in total. The fourth-order valence-electron chi connectivity index (χ4n) is 8.21. The van der Waals surface area contributed by atoms with E-state index in [4.69, 9.17) is 4.74 Å². The van der Waals surface area contributed by atoms with Crippen LogP contribution in [0.1, 0.15) is 66.7 Å². The molecule has 4 aliphatic carbocycles. The van der Waals surface area contributed by atoms with Crippen molar-refractivity contribution in [2.75, 3.05) is 13.2 Å². The van der Waals surface area contributed by atoms with Gasteiger partial charge in [-0.15, -0.1) is 0 Å². The predicted molar refractivity (Wildman–Crippen MR) is 112 cm³/mol. The van der Waals surface area contributed by atoms with Crippen LogP contribution in [0.15, 0.2) is 11.6 Å². The molecule has 0 aromatic carbocycles. The first-order valence-corrected chi connectivity index (χ1v) is 11.7. The van der Waals surface area contributed by atoms with Gasteiger partial charge in [0.15, 0.2) is 0 Å². The van der Waals surface area contributed by atoms with Gasteiger partial charge in [-0.3, -0.25) is 4.79 Å². The average Bonchev–Trinajstić information content (AvgIpc) is 3.22. The van der Waals surface area contributed by atoms with Crippen LogP contribution in [0, 0.1) is 51.8 Å². The second-order valence-corrected chi connectivity index (χ2v) is 11.2. The van der Waals surface area contributed by atoms with Crippen LogP contribution in [-0.4, -0.2) is 30.6 Å². The number of aliphatic carboxylic acids is 1. The summed E-state index contributed by atoms with van der Waals surface area (Å²) in [6.45, 7) is 12.0. The van der Waals surface area contributed by atoms with E-state index >= 15 is 0 Å². The molecule has 4 heteroatoms. The quantitative estimate of drug-likeness (QED) is 0.353. The van der Waals surface area contributed by atoms with Crippen LogP contribution in [0.25, 0.3) is 0 Å². The summed E-state index contributed by atoms with van der Waals surface area (Å²) in [5, 5.41) is 10.9. The van der Waals surface area contributed by atoms with Gasteiger partial charge < -0.3 is 14.6 Å². The van der Waals surface area contributed by atoms with Crippen molar-refractivity contribution < 1.29 is 19.4 Å². The fraction of sp³-hybridized carbons (Fsp3) is 0.840. The molecule has 4 rings (SSSR count). The molecule has 1 N–H and O–H groups in total. The van der Waals surface area contributed by atoms with Crippen LogP contribution in [0.4, 0.5) is 0 Å². The number of fused-ring (bicyclic) bond motifs is 2. The minimum Gasteiger partial charge on any atom is -0.481 e. The van der Waals surface area contributed by atoms with Gasteiger partial charge in [-0.05, 0) is 61.2 Å². The van der Waals surface area contributed by atoms with E-state index in [-0.39, 0.29) is 17.8 Å². The number of hydrogen-bond acceptors (Lipinski definition) is 3. The van der Waals surface area contributed by atoms with Crippen LogP contribution in [0.2, 0.25) is 0 Å². The third-order valence-electron chi connectivity index (χ3n) is 9.32. The molecular formula is C25H38O4. The minimum atomic E-state index is -1.09. The number of ether oxygens (including phenoxy) is 1. The molecule has 0 aromatic rings. The maximum atomic E-state index is 13.2. The molecule has 162 valence electrons. The lowest BCUT2D eigenvalue weighted by Gasteiger charge is -2.58. The molecule has 29 heavy (non-hydrogen) atoms. The number of allylic oxidation sites excluding steroid dienone is 1. The number of carbonyl (C=O) groups excluding carboxylic acids is 1. The summed E-state index contributed by atoms with van der Waals surface area (Å²) in [6.07, 6.45) is 8.00. The highest BCUT2D eigenvalue weighted by Gasteiger charge is 2.84. The van der Waals surface area contributed by atoms with Gasteiger partial charge in [-0.25, -0.2) is 0 Å². The molecule has 3 fully saturated rings. The maximum Gasteiger partial charge on any atom is 0.315 e. The highest BCUT2D eigenvalue weighted by Crippen LogP contribution is 2.82. The molecular weight excluding hydrogens is 364 g/mol. The summed E-state index contributed by atoms with van der Waals surface area (Å²) < 4.78 is 6.25. The Morgan fingerprint density at radius 2 is 2.00 bits per heavy atom. The third kappa shape index (κ3) is 2.41. The summed E-state index contributed by atoms with van der Waals surface area (Å²) in [6, 6.07) is 0. The number of hydrogen-bond donors (Lipinski definition) is 1. The summed E-state index contributed by atoms with van der Waals surface area (Å²) in [7, 11) is 0. The smallest absolute Gasteiger partial charge is 0.315 e. The Labute approximate surface area is 175 Å². The van der Waals surface area contributed by atoms with E-state index < -0.39 is 22.2 Å². The predicted octanol–water partition coefficient (Wildman–Crippen LogP) is 4.97. The van der Waals surface area contributed by atoms with Crippen molar-refractivity contribution in [2.24, 2.45) is 51.8 Å². The van der Waals surface area contributed by atoms with Gasteiger partial charge in [0.1, 0.15) is 11.7 Å². The van der Waals surface area contributed by atoms with Gasteiger partial charge in [0.25, 0.3) is 0 Å². The van der Waals surface area contributed by atoms with Crippen LogP contribution < -0.4 is 0 Å². The van der Waals surface area contributed by atoms with Crippen molar-refractivity contribution in [3.63, 3.8) is 0 Å². The van der Waals surface area contributed by atoms with Crippen molar-refractivity contribution in [3.8, 4) is 0 Å². The Balaban J connectivity index is 1.84. The Bertz CT molecular complexity index is 724. The SMILES string of the molecule is CC(C)CCOC[C@]12C[C@H]3[C@@H](C)CC[C@@H]3[C@]3(C=O)C[C@H]1C=C(C(C)C)[C@]23C(=O)O. The average molecular weight is 403 g/mol. The second-order valence-electron chi connectivity index (χ2n) is 11.2. The first kappa shape index (κ1) is 21.1. The summed E-state index contributed by atoms with van der Waals surface area (Å²) in [5.74, 6) is 1.23. The molecule has 4 aliphatic rings. The number of carboxylic acid groups (broad SMARTS) is 1. The van der Waals surface area contributed by atoms with E-state index in [9.17, 15) is 14.7 Å². The molecule has 0 saturated heterocycles. The van der Waals surface area contributed by atoms with E-state index in [0.717, 1.165) is 37.5 Å². The molecule has 0 unspecified atom stereocenters. The van der Waals surface area contributed by atoms with E-state index in [1.54, 1.807) is 0 Å². The normalized spacial score (nSPS) is 45.0. The minimum absolute atomic E-state index is 0.126. The van der Waals surface area contributed by atoms with Crippen LogP contribution in [0.3, 0.4) is 0 Å². The Kier molecular flexibility index (Phi) is 5.04. The van der Waals surface area contributed by atoms with Crippen LogP contribution in [0.5, 0.6) is 0 Å². The zero-order valence-electron chi connectivity index (χ0n) is 18.7. The lowest BCUT2D eigenvalue weighted by molar-refractivity contribution is -0.186. The highest BCUT2D eigenvalue weighted by atomic mass is 16.5. The van der Waals surface area contributed by atoms with Crippen LogP contribution in [-0.2, 0) is 14.3 Å². The standard InChI is InChI=1S/C25H38O4/c1-15(2)8-9-29-14-24-12-19-17(5)6-7-20(19)23(13-26)11-18(24)10-21(16(3)4)25(23,24)22(27)28/h10,13,15-20H,6-9,11-12,14H2,1-5H3,(H,27,28)/t17-,18+,19-,20-,23+,24+,25+/m0/s1. The van der Waals surface area contributed by atoms with Gasteiger partial charge in [0.05, 0.1) is 12.0 Å². The summed E-state index contributed by atoms with van der Waals surface area (Å²) in [5.41, 5.74) is -1.34. The van der Waals surface area contributed by atoms with Crippen molar-refractivity contribution >= 4 is 12.3 Å². The molecule has 0 spiro atoms. The van der Waals surface area contributed by atoms with Crippen molar-refractivity contribution in [1.29, 1.82) is 0 Å². The van der Waals surface area contributed by atoms with Gasteiger partial charge in [-0.2, -0.15) is 0 Å². The highest BCUT2D eigenvalue weighted by molar-refractivity contribution is 5.90.